The van der Waals surface area contributed by atoms with Crippen molar-refractivity contribution < 1.29 is 14.3 Å². The zero-order valence-electron chi connectivity index (χ0n) is 18.3. The molecule has 0 bridgehead atoms. The number of carbonyl (C=O) groups is 2. The molecule has 0 aliphatic carbocycles. The summed E-state index contributed by atoms with van der Waals surface area (Å²) in [5, 5.41) is 12.1. The summed E-state index contributed by atoms with van der Waals surface area (Å²) in [5.41, 5.74) is 1.17. The maximum atomic E-state index is 12.6. The minimum Gasteiger partial charge on any atom is -0.444 e. The van der Waals surface area contributed by atoms with Gasteiger partial charge in [0, 0.05) is 30.1 Å². The average molecular weight is 458 g/mol. The van der Waals surface area contributed by atoms with Gasteiger partial charge >= 0.3 is 6.09 Å². The van der Waals surface area contributed by atoms with E-state index in [0.717, 1.165) is 17.8 Å². The van der Waals surface area contributed by atoms with Crippen LogP contribution in [0.15, 0.2) is 45.0 Å². The van der Waals surface area contributed by atoms with Gasteiger partial charge in [-0.25, -0.2) is 14.8 Å². The number of nitrogens with two attached hydrogens (primary N) is 1. The summed E-state index contributed by atoms with van der Waals surface area (Å²) in [6.45, 7) is 6.80. The standard InChI is InChI=1S/C21H27N7O3S/c1-21(2,3)31-20(30)28-10-8-14(9-11-28)19-26-17(12-32-19)18(29)25-16-6-4-15(5-7-16)23-13-24-27-22/h4-7,12-14H,8-11H2,1-3H3,(H,25,29)(H2,22,23,24). The van der Waals surface area contributed by atoms with Gasteiger partial charge in [0.25, 0.3) is 5.91 Å². The Morgan fingerprint density at radius 1 is 1.25 bits per heavy atom. The number of amides is 2. The van der Waals surface area contributed by atoms with E-state index < -0.39 is 5.60 Å². The molecule has 3 rings (SSSR count). The Balaban J connectivity index is 1.53. The molecule has 11 heteroatoms. The van der Waals surface area contributed by atoms with E-state index in [2.05, 4.69) is 25.6 Å². The predicted octanol–water partition coefficient (Wildman–Crippen LogP) is 4.50. The lowest BCUT2D eigenvalue weighted by Crippen LogP contribution is -2.41. The van der Waals surface area contributed by atoms with Crippen LogP contribution < -0.4 is 11.2 Å². The first-order valence-electron chi connectivity index (χ1n) is 10.2. The van der Waals surface area contributed by atoms with Crippen molar-refractivity contribution in [3.8, 4) is 0 Å². The van der Waals surface area contributed by atoms with Crippen LogP contribution >= 0.6 is 11.3 Å². The van der Waals surface area contributed by atoms with E-state index in [-0.39, 0.29) is 17.9 Å². The lowest BCUT2D eigenvalue weighted by Gasteiger charge is -2.32. The third kappa shape index (κ3) is 6.58. The molecular weight excluding hydrogens is 430 g/mol. The summed E-state index contributed by atoms with van der Waals surface area (Å²) in [6.07, 6.45) is 2.54. The van der Waals surface area contributed by atoms with Gasteiger partial charge in [0.05, 0.1) is 10.7 Å². The van der Waals surface area contributed by atoms with Crippen molar-refractivity contribution in [2.45, 2.75) is 45.1 Å². The van der Waals surface area contributed by atoms with Crippen molar-refractivity contribution in [3.63, 3.8) is 0 Å². The SMILES string of the molecule is CC(C)(C)OC(=O)N1CCC(c2nc(C(=O)Nc3ccc(N=CN=NN)cc3)cs2)CC1. The van der Waals surface area contributed by atoms with Crippen molar-refractivity contribution >= 4 is 41.1 Å². The molecule has 1 aromatic heterocycles. The van der Waals surface area contributed by atoms with Crippen LogP contribution in [0.25, 0.3) is 0 Å². The number of aromatic nitrogens is 1. The highest BCUT2D eigenvalue weighted by atomic mass is 32.1. The molecule has 0 unspecified atom stereocenters. The van der Waals surface area contributed by atoms with Crippen LogP contribution in [0.4, 0.5) is 16.2 Å². The smallest absolute Gasteiger partial charge is 0.410 e. The molecule has 1 aliphatic rings. The van der Waals surface area contributed by atoms with Gasteiger partial charge in [0.15, 0.2) is 0 Å². The monoisotopic (exact) mass is 457 g/mol. The molecule has 1 fully saturated rings. The maximum absolute atomic E-state index is 12.6. The molecule has 1 saturated heterocycles. The molecule has 1 aliphatic heterocycles. The molecule has 1 aromatic carbocycles. The van der Waals surface area contributed by atoms with E-state index in [1.165, 1.54) is 17.7 Å². The molecule has 2 aromatic rings. The van der Waals surface area contributed by atoms with Crippen LogP contribution in [-0.4, -0.2) is 46.9 Å². The highest BCUT2D eigenvalue weighted by molar-refractivity contribution is 7.10. The number of benzene rings is 1. The molecule has 0 radical (unpaired) electrons. The van der Waals surface area contributed by atoms with Gasteiger partial charge in [-0.05, 0) is 57.9 Å². The van der Waals surface area contributed by atoms with Crippen LogP contribution in [0.5, 0.6) is 0 Å². The summed E-state index contributed by atoms with van der Waals surface area (Å²) in [4.78, 5) is 35.1. The Morgan fingerprint density at radius 3 is 2.56 bits per heavy atom. The second kappa shape index (κ2) is 10.3. The van der Waals surface area contributed by atoms with E-state index in [9.17, 15) is 9.59 Å². The Kier molecular flexibility index (Phi) is 7.52. The second-order valence-corrected chi connectivity index (χ2v) is 9.18. The lowest BCUT2D eigenvalue weighted by atomic mass is 9.98. The second-order valence-electron chi connectivity index (χ2n) is 8.29. The zero-order valence-corrected chi connectivity index (χ0v) is 19.1. The quantitative estimate of drug-likeness (QED) is 0.224. The van der Waals surface area contributed by atoms with Gasteiger partial charge < -0.3 is 20.8 Å². The number of carbonyl (C=O) groups excluding carboxylic acids is 2. The van der Waals surface area contributed by atoms with E-state index in [1.54, 1.807) is 34.5 Å². The van der Waals surface area contributed by atoms with E-state index in [4.69, 9.17) is 10.6 Å². The Morgan fingerprint density at radius 2 is 1.94 bits per heavy atom. The van der Waals surface area contributed by atoms with Crippen molar-refractivity contribution in [2.75, 3.05) is 18.4 Å². The topological polar surface area (TPSA) is 135 Å². The first kappa shape index (κ1) is 23.3. The molecule has 2 amide bonds. The first-order chi connectivity index (χ1) is 15.2. The van der Waals surface area contributed by atoms with Gasteiger partial charge in [-0.2, -0.15) is 0 Å². The number of nitrogens with zero attached hydrogens (tertiary/aromatic N) is 5. The third-order valence-electron chi connectivity index (χ3n) is 4.70. The fourth-order valence-corrected chi connectivity index (χ4v) is 4.13. The van der Waals surface area contributed by atoms with Crippen molar-refractivity contribution in [1.29, 1.82) is 0 Å². The molecule has 10 nitrogen and oxygen atoms in total. The van der Waals surface area contributed by atoms with Crippen molar-refractivity contribution in [1.82, 2.24) is 9.88 Å². The van der Waals surface area contributed by atoms with Gasteiger partial charge in [-0.3, -0.25) is 4.79 Å². The summed E-state index contributed by atoms with van der Waals surface area (Å²) >= 11 is 1.47. The summed E-state index contributed by atoms with van der Waals surface area (Å²) in [7, 11) is 0. The molecule has 0 atom stereocenters. The zero-order chi connectivity index (χ0) is 23.1. The predicted molar refractivity (Wildman–Crippen MR) is 123 cm³/mol. The first-order valence-corrected chi connectivity index (χ1v) is 11.1. The Hall–Kier alpha value is -3.34. The molecule has 170 valence electrons. The lowest BCUT2D eigenvalue weighted by molar-refractivity contribution is 0.0204. The number of ether oxygens (including phenoxy) is 1. The number of thiazole rings is 1. The van der Waals surface area contributed by atoms with Gasteiger partial charge in [-0.15, -0.1) is 16.5 Å². The largest absolute Gasteiger partial charge is 0.444 e. The van der Waals surface area contributed by atoms with Crippen LogP contribution in [0, 0.1) is 0 Å². The number of hydrogen-bond acceptors (Lipinski definition) is 7. The molecule has 3 N–H and O–H groups in total. The number of anilines is 1. The molecule has 32 heavy (non-hydrogen) atoms. The van der Waals surface area contributed by atoms with Crippen molar-refractivity contribution in [2.24, 2.45) is 21.2 Å². The van der Waals surface area contributed by atoms with E-state index in [0.29, 0.717) is 30.2 Å². The summed E-state index contributed by atoms with van der Waals surface area (Å²) in [6, 6.07) is 6.96. The number of rotatable bonds is 5. The highest BCUT2D eigenvalue weighted by Gasteiger charge is 2.29. The van der Waals surface area contributed by atoms with Crippen LogP contribution in [0.1, 0.15) is 55.0 Å². The van der Waals surface area contributed by atoms with Gasteiger partial charge in [-0.1, -0.05) is 5.22 Å². The summed E-state index contributed by atoms with van der Waals surface area (Å²) in [5.74, 6) is 4.86. The number of nitrogens with one attached hydrogen (secondary N) is 1. The highest BCUT2D eigenvalue weighted by Crippen LogP contribution is 2.31. The van der Waals surface area contributed by atoms with Crippen LogP contribution in [0.3, 0.4) is 0 Å². The van der Waals surface area contributed by atoms with E-state index in [1.807, 2.05) is 20.8 Å². The van der Waals surface area contributed by atoms with Crippen LogP contribution in [0.2, 0.25) is 0 Å². The van der Waals surface area contributed by atoms with Gasteiger partial charge in [0.2, 0.25) is 0 Å². The number of piperidine rings is 1. The Labute approximate surface area is 190 Å². The third-order valence-corrected chi connectivity index (χ3v) is 5.71. The molecule has 0 saturated carbocycles. The van der Waals surface area contributed by atoms with Crippen LogP contribution in [-0.2, 0) is 4.74 Å². The fourth-order valence-electron chi connectivity index (χ4n) is 3.16. The average Bonchev–Trinajstić information content (AvgIpc) is 3.25. The number of hydrogen-bond donors (Lipinski definition) is 2. The van der Waals surface area contributed by atoms with Crippen molar-refractivity contribution in [3.05, 3.63) is 40.3 Å². The normalized spacial score (nSPS) is 15.4. The molecular formula is C21H27N7O3S. The molecule has 0 spiro atoms. The van der Waals surface area contributed by atoms with E-state index >= 15 is 0 Å². The molecule has 2 heterocycles. The Bertz CT molecular complexity index is 988. The minimum absolute atomic E-state index is 0.225. The fraction of sp³-hybridized carbons (Fsp3) is 0.429. The number of aliphatic imine (C=N–C) groups is 1. The van der Waals surface area contributed by atoms with Gasteiger partial charge in [0.1, 0.15) is 17.6 Å². The number of likely N-dealkylation sites (tertiary alicyclic amines) is 1. The summed E-state index contributed by atoms with van der Waals surface area (Å²) < 4.78 is 5.44. The minimum atomic E-state index is -0.504. The maximum Gasteiger partial charge on any atom is 0.410 e.